The summed E-state index contributed by atoms with van der Waals surface area (Å²) in [7, 11) is -2.01. The zero-order chi connectivity index (χ0) is 17.8. The van der Waals surface area contributed by atoms with E-state index in [-0.39, 0.29) is 4.90 Å². The second kappa shape index (κ2) is 7.53. The molecule has 2 rings (SSSR count). The van der Waals surface area contributed by atoms with Gasteiger partial charge in [0.15, 0.2) is 5.96 Å². The van der Waals surface area contributed by atoms with Crippen LogP contribution in [0.2, 0.25) is 0 Å². The van der Waals surface area contributed by atoms with Gasteiger partial charge in [-0.05, 0) is 43.5 Å². The number of aliphatic imine (C=N–C) groups is 1. The van der Waals surface area contributed by atoms with Crippen LogP contribution in [0.25, 0.3) is 0 Å². The minimum atomic E-state index is -3.43. The van der Waals surface area contributed by atoms with E-state index in [9.17, 15) is 8.42 Å². The van der Waals surface area contributed by atoms with Gasteiger partial charge in [0.2, 0.25) is 10.0 Å². The Bertz CT molecular complexity index is 698. The summed E-state index contributed by atoms with van der Waals surface area (Å²) in [5.74, 6) is 0.893. The van der Waals surface area contributed by atoms with Gasteiger partial charge < -0.3 is 10.2 Å². The minimum absolute atomic E-state index is 0.269. The number of nitrogens with zero attached hydrogens (tertiary/aromatic N) is 2. The first kappa shape index (κ1) is 18.7. The molecule has 1 heterocycles. The van der Waals surface area contributed by atoms with E-state index in [1.807, 2.05) is 6.07 Å². The average Bonchev–Trinajstić information content (AvgIpc) is 2.91. The number of hydrogen-bond acceptors (Lipinski definition) is 3. The van der Waals surface area contributed by atoms with Crippen molar-refractivity contribution in [3.63, 3.8) is 0 Å². The molecular formula is C17H28N4O2S. The van der Waals surface area contributed by atoms with Crippen molar-refractivity contribution in [3.05, 3.63) is 29.8 Å². The number of sulfonamides is 1. The highest BCUT2D eigenvalue weighted by Gasteiger charge is 2.30. The molecule has 1 aliphatic heterocycles. The lowest BCUT2D eigenvalue weighted by Crippen LogP contribution is -2.40. The van der Waals surface area contributed by atoms with E-state index in [1.54, 1.807) is 18.2 Å². The first-order valence-electron chi connectivity index (χ1n) is 8.33. The number of likely N-dealkylation sites (tertiary alicyclic amines) is 1. The van der Waals surface area contributed by atoms with Crippen LogP contribution in [0.3, 0.4) is 0 Å². The van der Waals surface area contributed by atoms with E-state index in [2.05, 4.69) is 35.7 Å². The number of hydrogen-bond donors (Lipinski definition) is 2. The minimum Gasteiger partial charge on any atom is -0.357 e. The Hall–Kier alpha value is -1.60. The molecule has 1 aromatic rings. The average molecular weight is 353 g/mol. The molecule has 0 aromatic heterocycles. The van der Waals surface area contributed by atoms with Gasteiger partial charge in [-0.3, -0.25) is 0 Å². The van der Waals surface area contributed by atoms with Gasteiger partial charge in [0.05, 0.1) is 11.4 Å². The summed E-state index contributed by atoms with van der Waals surface area (Å²) >= 11 is 0. The highest BCUT2D eigenvalue weighted by atomic mass is 32.2. The summed E-state index contributed by atoms with van der Waals surface area (Å²) < 4.78 is 26.2. The first-order valence-corrected chi connectivity index (χ1v) is 9.81. The van der Waals surface area contributed by atoms with Gasteiger partial charge >= 0.3 is 0 Å². The fraction of sp³-hybridized carbons (Fsp3) is 0.588. The first-order chi connectivity index (χ1) is 11.3. The monoisotopic (exact) mass is 352 g/mol. The lowest BCUT2D eigenvalue weighted by atomic mass is 9.93. The molecule has 0 saturated carbocycles. The number of benzene rings is 1. The van der Waals surface area contributed by atoms with Gasteiger partial charge in [-0.15, -0.1) is 0 Å². The zero-order valence-corrected chi connectivity index (χ0v) is 15.8. The highest BCUT2D eigenvalue weighted by molar-refractivity contribution is 7.89. The Morgan fingerprint density at radius 1 is 1.38 bits per heavy atom. The van der Waals surface area contributed by atoms with Gasteiger partial charge in [-0.2, -0.15) is 0 Å². The predicted molar refractivity (Wildman–Crippen MR) is 97.5 cm³/mol. The van der Waals surface area contributed by atoms with Crippen molar-refractivity contribution in [2.75, 3.05) is 26.7 Å². The van der Waals surface area contributed by atoms with Gasteiger partial charge in [0.1, 0.15) is 0 Å². The summed E-state index contributed by atoms with van der Waals surface area (Å²) in [6.45, 7) is 9.82. The molecule has 0 unspecified atom stereocenters. The van der Waals surface area contributed by atoms with Crippen molar-refractivity contribution in [3.8, 4) is 0 Å². The van der Waals surface area contributed by atoms with Crippen molar-refractivity contribution in [1.82, 2.24) is 14.9 Å². The smallest absolute Gasteiger partial charge is 0.240 e. The van der Waals surface area contributed by atoms with Crippen LogP contribution in [0.15, 0.2) is 34.2 Å². The maximum atomic E-state index is 11.9. The van der Waals surface area contributed by atoms with Crippen LogP contribution in [0.5, 0.6) is 0 Å². The van der Waals surface area contributed by atoms with Crippen LogP contribution in [0.4, 0.5) is 0 Å². The SMILES string of the molecule is CCNC(=NCc1cccc(S(=O)(=O)NC)c1)N1CCC(C)(C)C1. The topological polar surface area (TPSA) is 73.8 Å². The van der Waals surface area contributed by atoms with Gasteiger partial charge in [-0.1, -0.05) is 26.0 Å². The normalized spacial score (nSPS) is 18.0. The van der Waals surface area contributed by atoms with Crippen molar-refractivity contribution in [2.24, 2.45) is 10.4 Å². The summed E-state index contributed by atoms with van der Waals surface area (Å²) in [5, 5.41) is 3.33. The molecule has 0 bridgehead atoms. The largest absolute Gasteiger partial charge is 0.357 e. The summed E-state index contributed by atoms with van der Waals surface area (Å²) in [6, 6.07) is 6.91. The van der Waals surface area contributed by atoms with Crippen molar-refractivity contribution in [1.29, 1.82) is 0 Å². The van der Waals surface area contributed by atoms with Crippen LogP contribution in [-0.2, 0) is 16.6 Å². The van der Waals surface area contributed by atoms with E-state index in [4.69, 9.17) is 4.99 Å². The highest BCUT2D eigenvalue weighted by Crippen LogP contribution is 2.28. The zero-order valence-electron chi connectivity index (χ0n) is 15.0. The van der Waals surface area contributed by atoms with Crippen molar-refractivity contribution in [2.45, 2.75) is 38.6 Å². The molecule has 1 aliphatic rings. The number of rotatable bonds is 5. The van der Waals surface area contributed by atoms with Gasteiger partial charge in [0, 0.05) is 19.6 Å². The third-order valence-corrected chi connectivity index (χ3v) is 5.61. The molecule has 2 N–H and O–H groups in total. The maximum Gasteiger partial charge on any atom is 0.240 e. The second-order valence-electron chi connectivity index (χ2n) is 6.86. The summed E-state index contributed by atoms with van der Waals surface area (Å²) in [4.78, 5) is 7.24. The Labute approximate surface area is 145 Å². The molecule has 1 saturated heterocycles. The van der Waals surface area contributed by atoms with E-state index in [1.165, 1.54) is 7.05 Å². The fourth-order valence-corrected chi connectivity index (χ4v) is 3.61. The molecule has 0 aliphatic carbocycles. The molecule has 0 radical (unpaired) electrons. The fourth-order valence-electron chi connectivity index (χ4n) is 2.81. The Morgan fingerprint density at radius 2 is 2.12 bits per heavy atom. The lowest BCUT2D eigenvalue weighted by molar-refractivity contribution is 0.370. The molecular weight excluding hydrogens is 324 g/mol. The second-order valence-corrected chi connectivity index (χ2v) is 8.75. The van der Waals surface area contributed by atoms with E-state index < -0.39 is 10.0 Å². The molecule has 7 heteroatoms. The van der Waals surface area contributed by atoms with Crippen LogP contribution in [-0.4, -0.2) is 46.0 Å². The standard InChI is InChI=1S/C17H28N4O2S/c1-5-19-16(21-10-9-17(2,3)13-21)20-12-14-7-6-8-15(11-14)24(22,23)18-4/h6-8,11,18H,5,9-10,12-13H2,1-4H3,(H,19,20). The van der Waals surface area contributed by atoms with Crippen LogP contribution in [0, 0.1) is 5.41 Å². The van der Waals surface area contributed by atoms with Gasteiger partial charge in [-0.25, -0.2) is 18.1 Å². The Morgan fingerprint density at radius 3 is 2.71 bits per heavy atom. The Kier molecular flexibility index (Phi) is 5.87. The number of nitrogens with one attached hydrogen (secondary N) is 2. The van der Waals surface area contributed by atoms with E-state index in [0.717, 1.165) is 37.6 Å². The molecule has 134 valence electrons. The maximum absolute atomic E-state index is 11.9. The molecule has 6 nitrogen and oxygen atoms in total. The Balaban J connectivity index is 2.16. The molecule has 24 heavy (non-hydrogen) atoms. The van der Waals surface area contributed by atoms with Crippen molar-refractivity contribution >= 4 is 16.0 Å². The molecule has 0 amide bonds. The van der Waals surface area contributed by atoms with Gasteiger partial charge in [0.25, 0.3) is 0 Å². The molecule has 0 spiro atoms. The van der Waals surface area contributed by atoms with E-state index >= 15 is 0 Å². The summed E-state index contributed by atoms with van der Waals surface area (Å²) in [6.07, 6.45) is 1.15. The van der Waals surface area contributed by atoms with E-state index in [0.29, 0.717) is 12.0 Å². The quantitative estimate of drug-likeness (QED) is 0.626. The predicted octanol–water partition coefficient (Wildman–Crippen LogP) is 1.79. The molecule has 0 atom stereocenters. The third kappa shape index (κ3) is 4.70. The molecule has 1 aromatic carbocycles. The third-order valence-electron chi connectivity index (χ3n) is 4.20. The van der Waals surface area contributed by atoms with Crippen molar-refractivity contribution < 1.29 is 8.42 Å². The number of guanidine groups is 1. The van der Waals surface area contributed by atoms with Crippen LogP contribution < -0.4 is 10.0 Å². The summed E-state index contributed by atoms with van der Waals surface area (Å²) in [5.41, 5.74) is 1.18. The molecule has 1 fully saturated rings. The van der Waals surface area contributed by atoms with Crippen LogP contribution in [0.1, 0.15) is 32.8 Å². The van der Waals surface area contributed by atoms with Crippen LogP contribution >= 0.6 is 0 Å². The lowest BCUT2D eigenvalue weighted by Gasteiger charge is -2.23.